The number of nitrogens with zero attached hydrogens (tertiary/aromatic N) is 2. The maximum Gasteiger partial charge on any atom is 0.0894 e. The molecule has 214 valence electrons. The predicted octanol–water partition coefficient (Wildman–Crippen LogP) is 11.4. The molecule has 2 aromatic heterocycles. The molecule has 7 aromatic rings. The highest BCUT2D eigenvalue weighted by atomic mass is 79.9. The van der Waals surface area contributed by atoms with Gasteiger partial charge in [0.1, 0.15) is 0 Å². The Hall–Kier alpha value is -4.64. The van der Waals surface area contributed by atoms with Gasteiger partial charge in [0.2, 0.25) is 0 Å². The molecule has 0 saturated carbocycles. The molecule has 8 rings (SSSR count). The van der Waals surface area contributed by atoms with Crippen molar-refractivity contribution < 1.29 is 0 Å². The van der Waals surface area contributed by atoms with E-state index in [9.17, 15) is 0 Å². The van der Waals surface area contributed by atoms with E-state index in [1.165, 1.54) is 33.4 Å². The Morgan fingerprint density at radius 1 is 0.444 bits per heavy atom. The van der Waals surface area contributed by atoms with Crippen LogP contribution in [0.25, 0.3) is 44.9 Å². The lowest BCUT2D eigenvalue weighted by Gasteiger charge is -2.34. The molecule has 0 bridgehead atoms. The summed E-state index contributed by atoms with van der Waals surface area (Å²) >= 11 is 7.42. The van der Waals surface area contributed by atoms with E-state index in [2.05, 4.69) is 170 Å². The molecule has 0 radical (unpaired) electrons. The van der Waals surface area contributed by atoms with Crippen LogP contribution in [0.3, 0.4) is 0 Å². The van der Waals surface area contributed by atoms with Crippen molar-refractivity contribution in [2.45, 2.75) is 5.41 Å². The normalized spacial score (nSPS) is 12.8. The second-order valence-electron chi connectivity index (χ2n) is 11.2. The van der Waals surface area contributed by atoms with E-state index < -0.39 is 5.41 Å². The van der Waals surface area contributed by atoms with Crippen LogP contribution in [0.15, 0.2) is 167 Å². The molecule has 0 amide bonds. The zero-order valence-corrected chi connectivity index (χ0v) is 27.3. The van der Waals surface area contributed by atoms with E-state index in [1.807, 2.05) is 24.4 Å². The van der Waals surface area contributed by atoms with Gasteiger partial charge < -0.3 is 0 Å². The van der Waals surface area contributed by atoms with Crippen LogP contribution in [0.1, 0.15) is 22.3 Å². The lowest BCUT2D eigenvalue weighted by molar-refractivity contribution is 0.768. The SMILES string of the molecule is Brc1ccc(-c2nc(-c3ccccn3)ccc2-c2ccc3c(c2)C(c2ccccc2)(c2ccccc2)c2cc(Br)ccc2-3)cc1. The van der Waals surface area contributed by atoms with Gasteiger partial charge in [0.25, 0.3) is 0 Å². The van der Waals surface area contributed by atoms with E-state index in [0.29, 0.717) is 0 Å². The molecular weight excluding hydrogens is 680 g/mol. The standard InChI is InChI=1S/C41H26Br2N2/c42-31-17-14-27(15-18-31)40-33(22-23-39(45-40)38-13-7-8-24-44-38)28-16-20-34-35-21-19-32(43)26-37(35)41(36(34)25-28,29-9-3-1-4-10-29)30-11-5-2-6-12-30/h1-26H. The lowest BCUT2D eigenvalue weighted by Crippen LogP contribution is -2.28. The number of fused-ring (bicyclic) bond motifs is 3. The molecule has 5 aromatic carbocycles. The summed E-state index contributed by atoms with van der Waals surface area (Å²) in [7, 11) is 0. The van der Waals surface area contributed by atoms with Gasteiger partial charge >= 0.3 is 0 Å². The van der Waals surface area contributed by atoms with Crippen LogP contribution >= 0.6 is 31.9 Å². The molecule has 0 saturated heterocycles. The maximum atomic E-state index is 5.23. The van der Waals surface area contributed by atoms with Crippen LogP contribution in [0, 0.1) is 0 Å². The van der Waals surface area contributed by atoms with Gasteiger partial charge in [-0.3, -0.25) is 4.98 Å². The van der Waals surface area contributed by atoms with Gasteiger partial charge in [-0.25, -0.2) is 4.98 Å². The van der Waals surface area contributed by atoms with Crippen LogP contribution in [0.5, 0.6) is 0 Å². The third kappa shape index (κ3) is 4.68. The zero-order valence-electron chi connectivity index (χ0n) is 24.2. The quantitative estimate of drug-likeness (QED) is 0.178. The number of benzene rings is 5. The molecule has 2 nitrogen and oxygen atoms in total. The first kappa shape index (κ1) is 27.9. The molecule has 45 heavy (non-hydrogen) atoms. The molecule has 1 aliphatic rings. The minimum Gasteiger partial charge on any atom is -0.255 e. The number of pyridine rings is 2. The summed E-state index contributed by atoms with van der Waals surface area (Å²) in [6, 6.07) is 54.0. The van der Waals surface area contributed by atoms with Crippen molar-refractivity contribution in [3.05, 3.63) is 189 Å². The van der Waals surface area contributed by atoms with Crippen LogP contribution in [-0.2, 0) is 5.41 Å². The first-order valence-corrected chi connectivity index (χ1v) is 16.5. The van der Waals surface area contributed by atoms with E-state index in [4.69, 9.17) is 4.98 Å². The largest absolute Gasteiger partial charge is 0.255 e. The van der Waals surface area contributed by atoms with Gasteiger partial charge in [-0.05, 0) is 93.5 Å². The highest BCUT2D eigenvalue weighted by Crippen LogP contribution is 2.57. The van der Waals surface area contributed by atoms with Crippen LogP contribution in [0.2, 0.25) is 0 Å². The van der Waals surface area contributed by atoms with Crippen molar-refractivity contribution in [2.75, 3.05) is 0 Å². The highest BCUT2D eigenvalue weighted by molar-refractivity contribution is 9.10. The number of hydrogen-bond acceptors (Lipinski definition) is 2. The molecule has 0 atom stereocenters. The average molecular weight is 706 g/mol. The minimum absolute atomic E-state index is 0.494. The van der Waals surface area contributed by atoms with Gasteiger partial charge in [-0.15, -0.1) is 0 Å². The van der Waals surface area contributed by atoms with Crippen molar-refractivity contribution in [3.63, 3.8) is 0 Å². The van der Waals surface area contributed by atoms with E-state index >= 15 is 0 Å². The predicted molar refractivity (Wildman–Crippen MR) is 191 cm³/mol. The highest BCUT2D eigenvalue weighted by Gasteiger charge is 2.46. The summed E-state index contributed by atoms with van der Waals surface area (Å²) in [6.45, 7) is 0. The molecule has 0 N–H and O–H groups in total. The summed E-state index contributed by atoms with van der Waals surface area (Å²) in [6.07, 6.45) is 1.81. The Morgan fingerprint density at radius 3 is 1.69 bits per heavy atom. The summed E-state index contributed by atoms with van der Waals surface area (Å²) in [5, 5.41) is 0. The van der Waals surface area contributed by atoms with E-state index in [-0.39, 0.29) is 0 Å². The monoisotopic (exact) mass is 704 g/mol. The van der Waals surface area contributed by atoms with Crippen molar-refractivity contribution in [1.82, 2.24) is 9.97 Å². The smallest absolute Gasteiger partial charge is 0.0894 e. The maximum absolute atomic E-state index is 5.23. The Bertz CT molecular complexity index is 2120. The third-order valence-corrected chi connectivity index (χ3v) is 9.79. The number of halogens is 2. The second kappa shape index (κ2) is 11.4. The van der Waals surface area contributed by atoms with Crippen molar-refractivity contribution in [3.8, 4) is 44.9 Å². The van der Waals surface area contributed by atoms with Gasteiger partial charge in [0, 0.05) is 26.3 Å². The summed E-state index contributed by atoms with van der Waals surface area (Å²) in [5.41, 5.74) is 12.9. The van der Waals surface area contributed by atoms with Gasteiger partial charge in [0.15, 0.2) is 0 Å². The minimum atomic E-state index is -0.494. The Morgan fingerprint density at radius 2 is 1.02 bits per heavy atom. The molecule has 0 spiro atoms. The summed E-state index contributed by atoms with van der Waals surface area (Å²) in [4.78, 5) is 9.82. The third-order valence-electron chi connectivity index (χ3n) is 8.76. The van der Waals surface area contributed by atoms with E-state index in [0.717, 1.165) is 42.7 Å². The topological polar surface area (TPSA) is 25.8 Å². The van der Waals surface area contributed by atoms with Crippen LogP contribution in [-0.4, -0.2) is 9.97 Å². The number of aromatic nitrogens is 2. The fourth-order valence-corrected chi connectivity index (χ4v) is 7.43. The molecule has 2 heterocycles. The Kier molecular flexibility index (Phi) is 7.05. The summed E-state index contributed by atoms with van der Waals surface area (Å²) < 4.78 is 2.10. The van der Waals surface area contributed by atoms with E-state index in [1.54, 1.807) is 0 Å². The molecule has 0 fully saturated rings. The fraction of sp³-hybridized carbons (Fsp3) is 0.0244. The molecule has 0 aliphatic heterocycles. The summed E-state index contributed by atoms with van der Waals surface area (Å²) in [5.74, 6) is 0. The number of hydrogen-bond donors (Lipinski definition) is 0. The van der Waals surface area contributed by atoms with Crippen LogP contribution in [0.4, 0.5) is 0 Å². The van der Waals surface area contributed by atoms with Crippen molar-refractivity contribution in [2.24, 2.45) is 0 Å². The lowest BCUT2D eigenvalue weighted by atomic mass is 9.67. The van der Waals surface area contributed by atoms with Gasteiger partial charge in [-0.2, -0.15) is 0 Å². The fourth-order valence-electron chi connectivity index (χ4n) is 6.81. The van der Waals surface area contributed by atoms with Crippen LogP contribution < -0.4 is 0 Å². The Balaban J connectivity index is 1.41. The second-order valence-corrected chi connectivity index (χ2v) is 13.1. The van der Waals surface area contributed by atoms with Crippen molar-refractivity contribution >= 4 is 31.9 Å². The molecule has 4 heteroatoms. The first-order chi connectivity index (χ1) is 22.1. The average Bonchev–Trinajstić information content (AvgIpc) is 3.39. The first-order valence-electron chi connectivity index (χ1n) is 14.9. The molecule has 1 aliphatic carbocycles. The van der Waals surface area contributed by atoms with Crippen molar-refractivity contribution in [1.29, 1.82) is 0 Å². The zero-order chi connectivity index (χ0) is 30.4. The Labute approximate surface area is 279 Å². The number of rotatable bonds is 5. The van der Waals surface area contributed by atoms with Gasteiger partial charge in [0.05, 0.1) is 22.5 Å². The van der Waals surface area contributed by atoms with Gasteiger partial charge in [-0.1, -0.05) is 129 Å². The molecular formula is C41H26Br2N2. The molecule has 0 unspecified atom stereocenters.